The summed E-state index contributed by atoms with van der Waals surface area (Å²) in [7, 11) is 0. The topological polar surface area (TPSA) is 45.2 Å². The van der Waals surface area contributed by atoms with Crippen LogP contribution in [0.4, 0.5) is 4.79 Å². The van der Waals surface area contributed by atoms with Crippen LogP contribution in [-0.2, 0) is 13.1 Å². The predicted octanol–water partition coefficient (Wildman–Crippen LogP) is 3.59. The van der Waals surface area contributed by atoms with E-state index in [-0.39, 0.29) is 12.1 Å². The molecule has 1 fully saturated rings. The molecule has 0 bridgehead atoms. The lowest BCUT2D eigenvalue weighted by Crippen LogP contribution is -2.45. The summed E-state index contributed by atoms with van der Waals surface area (Å²) >= 11 is 0. The molecular formula is C19H23N3O. The smallest absolute Gasteiger partial charge is 0.318 e. The van der Waals surface area contributed by atoms with E-state index in [4.69, 9.17) is 0 Å². The van der Waals surface area contributed by atoms with Crippen molar-refractivity contribution in [2.24, 2.45) is 5.92 Å². The lowest BCUT2D eigenvalue weighted by atomic mass is 10.1. The normalized spacial score (nSPS) is 15.0. The van der Waals surface area contributed by atoms with Gasteiger partial charge in [-0.15, -0.1) is 0 Å². The molecule has 0 unspecified atom stereocenters. The quantitative estimate of drug-likeness (QED) is 0.886. The van der Waals surface area contributed by atoms with Crippen LogP contribution in [0.2, 0.25) is 0 Å². The summed E-state index contributed by atoms with van der Waals surface area (Å²) in [6, 6.07) is 16.1. The van der Waals surface area contributed by atoms with Crippen molar-refractivity contribution in [3.63, 3.8) is 0 Å². The molecule has 23 heavy (non-hydrogen) atoms. The Balaban J connectivity index is 1.65. The van der Waals surface area contributed by atoms with Crippen molar-refractivity contribution in [1.82, 2.24) is 15.2 Å². The number of aromatic nitrogens is 1. The zero-order valence-corrected chi connectivity index (χ0v) is 13.5. The Morgan fingerprint density at radius 3 is 2.61 bits per heavy atom. The summed E-state index contributed by atoms with van der Waals surface area (Å²) in [5.41, 5.74) is 2.03. The van der Waals surface area contributed by atoms with Gasteiger partial charge in [-0.2, -0.15) is 0 Å². The van der Waals surface area contributed by atoms with E-state index < -0.39 is 0 Å². The minimum Gasteiger partial charge on any atom is -0.332 e. The van der Waals surface area contributed by atoms with Crippen LogP contribution in [0.5, 0.6) is 0 Å². The van der Waals surface area contributed by atoms with Gasteiger partial charge >= 0.3 is 6.03 Å². The second kappa shape index (κ2) is 7.27. The SMILES string of the molecule is C[C@H](C1CC1)N(Cc1ccccc1)C(=O)NCc1ccccn1. The Bertz CT molecular complexity index is 626. The molecule has 0 aliphatic heterocycles. The summed E-state index contributed by atoms with van der Waals surface area (Å²) in [4.78, 5) is 18.9. The fourth-order valence-corrected chi connectivity index (χ4v) is 2.78. The molecule has 1 saturated carbocycles. The van der Waals surface area contributed by atoms with Gasteiger partial charge in [0.25, 0.3) is 0 Å². The minimum absolute atomic E-state index is 0.0149. The van der Waals surface area contributed by atoms with Gasteiger partial charge in [0.15, 0.2) is 0 Å². The zero-order chi connectivity index (χ0) is 16.1. The van der Waals surface area contributed by atoms with E-state index in [1.807, 2.05) is 41.3 Å². The zero-order valence-electron chi connectivity index (χ0n) is 13.5. The highest BCUT2D eigenvalue weighted by Gasteiger charge is 2.34. The average Bonchev–Trinajstić information content (AvgIpc) is 3.44. The number of urea groups is 1. The highest BCUT2D eigenvalue weighted by Crippen LogP contribution is 2.35. The lowest BCUT2D eigenvalue weighted by Gasteiger charge is -2.29. The van der Waals surface area contributed by atoms with E-state index in [9.17, 15) is 4.79 Å². The molecule has 1 atom stereocenters. The Morgan fingerprint density at radius 2 is 1.96 bits per heavy atom. The molecular weight excluding hydrogens is 286 g/mol. The number of benzene rings is 1. The van der Waals surface area contributed by atoms with Crippen LogP contribution in [-0.4, -0.2) is 22.0 Å². The molecule has 1 aliphatic rings. The number of rotatable bonds is 6. The molecule has 120 valence electrons. The third-order valence-electron chi connectivity index (χ3n) is 4.40. The molecule has 0 spiro atoms. The second-order valence-corrected chi connectivity index (χ2v) is 6.17. The van der Waals surface area contributed by atoms with Gasteiger partial charge < -0.3 is 10.2 Å². The Kier molecular flexibility index (Phi) is 4.91. The molecule has 4 heteroatoms. The Morgan fingerprint density at radius 1 is 1.22 bits per heavy atom. The highest BCUT2D eigenvalue weighted by atomic mass is 16.2. The van der Waals surface area contributed by atoms with Gasteiger partial charge in [0.05, 0.1) is 12.2 Å². The monoisotopic (exact) mass is 309 g/mol. The first kappa shape index (κ1) is 15.5. The van der Waals surface area contributed by atoms with Crippen molar-refractivity contribution < 1.29 is 4.79 Å². The first-order valence-corrected chi connectivity index (χ1v) is 8.22. The van der Waals surface area contributed by atoms with E-state index in [1.54, 1.807) is 6.20 Å². The summed E-state index contributed by atoms with van der Waals surface area (Å²) in [5.74, 6) is 0.638. The fourth-order valence-electron chi connectivity index (χ4n) is 2.78. The molecule has 0 radical (unpaired) electrons. The Hall–Kier alpha value is -2.36. The maximum Gasteiger partial charge on any atom is 0.318 e. The number of hydrogen-bond donors (Lipinski definition) is 1. The highest BCUT2D eigenvalue weighted by molar-refractivity contribution is 5.74. The summed E-state index contributed by atoms with van der Waals surface area (Å²) in [6.07, 6.45) is 4.19. The van der Waals surface area contributed by atoms with Gasteiger partial charge in [-0.3, -0.25) is 4.98 Å². The van der Waals surface area contributed by atoms with Crippen molar-refractivity contribution in [2.75, 3.05) is 0 Å². The predicted molar refractivity (Wildman–Crippen MR) is 90.6 cm³/mol. The third kappa shape index (κ3) is 4.31. The van der Waals surface area contributed by atoms with Crippen LogP contribution in [0.25, 0.3) is 0 Å². The van der Waals surface area contributed by atoms with Gasteiger partial charge in [0.1, 0.15) is 0 Å². The summed E-state index contributed by atoms with van der Waals surface area (Å²) in [5, 5.41) is 3.01. The number of amides is 2. The molecule has 1 aromatic heterocycles. The average molecular weight is 309 g/mol. The molecule has 2 amide bonds. The number of carbonyl (C=O) groups is 1. The van der Waals surface area contributed by atoms with Crippen molar-refractivity contribution in [3.05, 3.63) is 66.0 Å². The van der Waals surface area contributed by atoms with Crippen LogP contribution < -0.4 is 5.32 Å². The van der Waals surface area contributed by atoms with Crippen LogP contribution in [0.3, 0.4) is 0 Å². The molecule has 1 N–H and O–H groups in total. The van der Waals surface area contributed by atoms with Gasteiger partial charge in [-0.1, -0.05) is 36.4 Å². The van der Waals surface area contributed by atoms with Gasteiger partial charge in [0, 0.05) is 18.8 Å². The maximum atomic E-state index is 12.7. The molecule has 1 heterocycles. The van der Waals surface area contributed by atoms with Gasteiger partial charge in [0.2, 0.25) is 0 Å². The third-order valence-corrected chi connectivity index (χ3v) is 4.40. The number of pyridine rings is 1. The van der Waals surface area contributed by atoms with E-state index in [0.29, 0.717) is 19.0 Å². The van der Waals surface area contributed by atoms with Crippen molar-refractivity contribution in [1.29, 1.82) is 0 Å². The van der Waals surface area contributed by atoms with Crippen LogP contribution in [0.15, 0.2) is 54.7 Å². The number of carbonyl (C=O) groups excluding carboxylic acids is 1. The largest absolute Gasteiger partial charge is 0.332 e. The molecule has 1 aromatic carbocycles. The van der Waals surface area contributed by atoms with E-state index in [2.05, 4.69) is 29.4 Å². The van der Waals surface area contributed by atoms with Crippen molar-refractivity contribution in [2.45, 2.75) is 38.9 Å². The number of hydrogen-bond acceptors (Lipinski definition) is 2. The van der Waals surface area contributed by atoms with E-state index >= 15 is 0 Å². The number of nitrogens with one attached hydrogen (secondary N) is 1. The molecule has 3 rings (SSSR count). The summed E-state index contributed by atoms with van der Waals surface area (Å²) < 4.78 is 0. The van der Waals surface area contributed by atoms with Crippen molar-refractivity contribution in [3.8, 4) is 0 Å². The van der Waals surface area contributed by atoms with Crippen LogP contribution >= 0.6 is 0 Å². The first-order chi connectivity index (χ1) is 11.2. The summed E-state index contributed by atoms with van der Waals surface area (Å²) in [6.45, 7) is 3.26. The van der Waals surface area contributed by atoms with Crippen LogP contribution in [0, 0.1) is 5.92 Å². The molecule has 4 nitrogen and oxygen atoms in total. The fraction of sp³-hybridized carbons (Fsp3) is 0.368. The second-order valence-electron chi connectivity index (χ2n) is 6.17. The Labute approximate surface area is 137 Å². The minimum atomic E-state index is -0.0149. The lowest BCUT2D eigenvalue weighted by molar-refractivity contribution is 0.167. The molecule has 2 aromatic rings. The first-order valence-electron chi connectivity index (χ1n) is 8.22. The van der Waals surface area contributed by atoms with Crippen LogP contribution in [0.1, 0.15) is 31.0 Å². The van der Waals surface area contributed by atoms with Gasteiger partial charge in [-0.25, -0.2) is 4.79 Å². The maximum absolute atomic E-state index is 12.7. The van der Waals surface area contributed by atoms with E-state index in [0.717, 1.165) is 11.3 Å². The number of nitrogens with zero attached hydrogens (tertiary/aromatic N) is 2. The molecule has 1 aliphatic carbocycles. The van der Waals surface area contributed by atoms with Crippen molar-refractivity contribution >= 4 is 6.03 Å². The van der Waals surface area contributed by atoms with E-state index in [1.165, 1.54) is 12.8 Å². The standard InChI is InChI=1S/C19H23N3O/c1-15(17-10-11-17)22(14-16-7-3-2-4-8-16)19(23)21-13-18-9-5-6-12-20-18/h2-9,12,15,17H,10-11,13-14H2,1H3,(H,21,23)/t15-/m1/s1. The molecule has 0 saturated heterocycles. The van der Waals surface area contributed by atoms with Gasteiger partial charge in [-0.05, 0) is 43.4 Å².